The Balaban J connectivity index is 1.67. The van der Waals surface area contributed by atoms with Crippen molar-refractivity contribution in [3.63, 3.8) is 0 Å². The predicted octanol–water partition coefficient (Wildman–Crippen LogP) is 4.26. The number of hydrogen-bond donors (Lipinski definition) is 2. The number of ether oxygens (including phenoxy) is 1. The quantitative estimate of drug-likeness (QED) is 0.223. The summed E-state index contributed by atoms with van der Waals surface area (Å²) in [7, 11) is -4.00. The average Bonchev–Trinajstić information content (AvgIpc) is 2.82. The lowest BCUT2D eigenvalue weighted by molar-refractivity contribution is -0.137. The van der Waals surface area contributed by atoms with Gasteiger partial charge in [-0.3, -0.25) is 4.79 Å². The second kappa shape index (κ2) is 9.52. The van der Waals surface area contributed by atoms with Gasteiger partial charge in [0.1, 0.15) is 34.1 Å². The van der Waals surface area contributed by atoms with Crippen LogP contribution < -0.4 is 14.9 Å². The van der Waals surface area contributed by atoms with Crippen LogP contribution in [0.5, 0.6) is 11.5 Å². The van der Waals surface area contributed by atoms with Crippen LogP contribution in [0.2, 0.25) is 0 Å². The Bertz CT molecular complexity index is 1570. The SMILES string of the molecule is CC[C@H](C)[C@@H](NS(=O)(=O)c1ccc(C)cc1)C(=O)Oc1cc(O)c2c(=O)c3ccccc3oc2c1. The fraction of sp³-hybridized carbons (Fsp3) is 0.231. The van der Waals surface area contributed by atoms with Crippen LogP contribution in [-0.4, -0.2) is 25.5 Å². The van der Waals surface area contributed by atoms with Gasteiger partial charge in [0.25, 0.3) is 0 Å². The number of aryl methyl sites for hydroxylation is 1. The van der Waals surface area contributed by atoms with Crippen molar-refractivity contribution in [1.82, 2.24) is 4.72 Å². The molecule has 0 unspecified atom stereocenters. The van der Waals surface area contributed by atoms with Crippen molar-refractivity contribution >= 4 is 37.9 Å². The molecule has 1 aromatic heterocycles. The van der Waals surface area contributed by atoms with Gasteiger partial charge in [0.15, 0.2) is 0 Å². The predicted molar refractivity (Wildman–Crippen MR) is 132 cm³/mol. The first-order chi connectivity index (χ1) is 16.6. The molecule has 8 nitrogen and oxygen atoms in total. The lowest BCUT2D eigenvalue weighted by Crippen LogP contribution is -2.46. The van der Waals surface area contributed by atoms with E-state index in [4.69, 9.17) is 9.15 Å². The molecular weight excluding hydrogens is 470 g/mol. The van der Waals surface area contributed by atoms with E-state index in [-0.39, 0.29) is 21.6 Å². The van der Waals surface area contributed by atoms with E-state index in [1.807, 2.05) is 13.8 Å². The standard InChI is InChI=1S/C26H25NO7S/c1-4-16(3)24(27-35(31,32)18-11-9-15(2)10-12-18)26(30)33-17-13-20(28)23-22(14-17)34-21-8-6-5-7-19(21)25(23)29/h5-14,16,24,27-28H,4H2,1-3H3/t16-,24+/m0/s1. The van der Waals surface area contributed by atoms with Gasteiger partial charge in [-0.25, -0.2) is 13.2 Å². The molecule has 9 heteroatoms. The normalized spacial score (nSPS) is 13.6. The Kier molecular flexibility index (Phi) is 6.64. The number of nitrogens with one attached hydrogen (secondary N) is 1. The van der Waals surface area contributed by atoms with E-state index >= 15 is 0 Å². The van der Waals surface area contributed by atoms with Gasteiger partial charge in [0.05, 0.1) is 10.3 Å². The van der Waals surface area contributed by atoms with E-state index < -0.39 is 39.1 Å². The summed E-state index contributed by atoms with van der Waals surface area (Å²) in [5.41, 5.74) is 0.839. The Morgan fingerprint density at radius 1 is 1.09 bits per heavy atom. The molecule has 3 aromatic carbocycles. The Hall–Kier alpha value is -3.69. The second-order valence-electron chi connectivity index (χ2n) is 8.46. The van der Waals surface area contributed by atoms with Crippen LogP contribution in [0.4, 0.5) is 0 Å². The summed E-state index contributed by atoms with van der Waals surface area (Å²) in [5, 5.41) is 10.8. The molecule has 2 N–H and O–H groups in total. The van der Waals surface area contributed by atoms with Crippen molar-refractivity contribution in [2.24, 2.45) is 5.92 Å². The summed E-state index contributed by atoms with van der Waals surface area (Å²) in [5.74, 6) is -1.73. The molecule has 2 atom stereocenters. The summed E-state index contributed by atoms with van der Waals surface area (Å²) in [4.78, 5) is 25.9. The lowest BCUT2D eigenvalue weighted by atomic mass is 10.0. The van der Waals surface area contributed by atoms with Gasteiger partial charge in [0, 0.05) is 12.1 Å². The number of aromatic hydroxyl groups is 1. The minimum atomic E-state index is -4.00. The second-order valence-corrected chi connectivity index (χ2v) is 10.2. The minimum Gasteiger partial charge on any atom is -0.507 e. The maximum absolute atomic E-state index is 13.1. The minimum absolute atomic E-state index is 0.0289. The molecule has 0 bridgehead atoms. The number of phenols is 1. The molecule has 0 aliphatic heterocycles. The molecule has 0 fully saturated rings. The number of benzene rings is 3. The van der Waals surface area contributed by atoms with Crippen LogP contribution >= 0.6 is 0 Å². The van der Waals surface area contributed by atoms with Crippen LogP contribution in [0.3, 0.4) is 0 Å². The van der Waals surface area contributed by atoms with Gasteiger partial charge in [-0.2, -0.15) is 4.72 Å². The number of hydrogen-bond acceptors (Lipinski definition) is 7. The topological polar surface area (TPSA) is 123 Å². The van der Waals surface area contributed by atoms with E-state index in [1.165, 1.54) is 18.2 Å². The third-order valence-electron chi connectivity index (χ3n) is 5.93. The van der Waals surface area contributed by atoms with Crippen molar-refractivity contribution in [2.45, 2.75) is 38.1 Å². The zero-order valence-corrected chi connectivity index (χ0v) is 20.3. The summed E-state index contributed by atoms with van der Waals surface area (Å²) >= 11 is 0. The monoisotopic (exact) mass is 495 g/mol. The highest BCUT2D eigenvalue weighted by atomic mass is 32.2. The molecule has 182 valence electrons. The lowest BCUT2D eigenvalue weighted by Gasteiger charge is -2.22. The summed E-state index contributed by atoms with van der Waals surface area (Å²) in [6.45, 7) is 5.40. The molecule has 0 spiro atoms. The van der Waals surface area contributed by atoms with E-state index in [2.05, 4.69) is 4.72 Å². The third-order valence-corrected chi connectivity index (χ3v) is 7.39. The Morgan fingerprint density at radius 3 is 2.46 bits per heavy atom. The van der Waals surface area contributed by atoms with E-state index in [9.17, 15) is 23.1 Å². The molecule has 0 amide bonds. The third kappa shape index (κ3) is 4.91. The number of carbonyl (C=O) groups excluding carboxylic acids is 1. The molecule has 0 saturated heterocycles. The fourth-order valence-electron chi connectivity index (χ4n) is 3.70. The molecule has 0 aliphatic rings. The van der Waals surface area contributed by atoms with Crippen molar-refractivity contribution in [3.05, 3.63) is 76.5 Å². The fourth-order valence-corrected chi connectivity index (χ4v) is 5.00. The zero-order chi connectivity index (χ0) is 25.3. The largest absolute Gasteiger partial charge is 0.507 e. The number of fused-ring (bicyclic) bond motifs is 2. The molecule has 4 aromatic rings. The van der Waals surface area contributed by atoms with Crippen molar-refractivity contribution in [1.29, 1.82) is 0 Å². The van der Waals surface area contributed by atoms with Gasteiger partial charge in [0.2, 0.25) is 15.5 Å². The molecular formula is C26H25NO7S. The Labute approximate surface area is 202 Å². The van der Waals surface area contributed by atoms with Gasteiger partial charge in [-0.1, -0.05) is 50.1 Å². The first-order valence-corrected chi connectivity index (χ1v) is 12.6. The number of carbonyl (C=O) groups is 1. The van der Waals surface area contributed by atoms with E-state index in [1.54, 1.807) is 43.3 Å². The van der Waals surface area contributed by atoms with Crippen LogP contribution in [0.15, 0.2) is 74.8 Å². The van der Waals surface area contributed by atoms with E-state index in [0.29, 0.717) is 17.4 Å². The van der Waals surface area contributed by atoms with Gasteiger partial charge in [-0.15, -0.1) is 0 Å². The molecule has 0 saturated carbocycles. The molecule has 35 heavy (non-hydrogen) atoms. The summed E-state index contributed by atoms with van der Waals surface area (Å²) in [6, 6.07) is 14.1. The maximum atomic E-state index is 13.1. The number of phenolic OH excluding ortho intramolecular Hbond substituents is 1. The highest BCUT2D eigenvalue weighted by Crippen LogP contribution is 2.31. The molecule has 4 rings (SSSR count). The zero-order valence-electron chi connectivity index (χ0n) is 19.4. The molecule has 0 radical (unpaired) electrons. The smallest absolute Gasteiger partial charge is 0.329 e. The number of rotatable bonds is 7. The molecule has 0 aliphatic carbocycles. The number of sulfonamides is 1. The summed E-state index contributed by atoms with van der Waals surface area (Å²) in [6.07, 6.45) is 0.500. The number of para-hydroxylation sites is 1. The van der Waals surface area contributed by atoms with Crippen molar-refractivity contribution in [3.8, 4) is 11.5 Å². The van der Waals surface area contributed by atoms with Gasteiger partial charge < -0.3 is 14.3 Å². The number of esters is 1. The van der Waals surface area contributed by atoms with Gasteiger partial charge >= 0.3 is 5.97 Å². The Morgan fingerprint density at radius 2 is 1.77 bits per heavy atom. The average molecular weight is 496 g/mol. The highest BCUT2D eigenvalue weighted by Gasteiger charge is 2.31. The van der Waals surface area contributed by atoms with Crippen molar-refractivity contribution < 1.29 is 27.5 Å². The summed E-state index contributed by atoms with van der Waals surface area (Å²) < 4.78 is 39.5. The van der Waals surface area contributed by atoms with Crippen molar-refractivity contribution in [2.75, 3.05) is 0 Å². The van der Waals surface area contributed by atoms with Crippen LogP contribution in [-0.2, 0) is 14.8 Å². The first kappa shape index (κ1) is 24.4. The molecule has 1 heterocycles. The van der Waals surface area contributed by atoms with Gasteiger partial charge in [-0.05, 0) is 37.1 Å². The van der Waals surface area contributed by atoms with E-state index in [0.717, 1.165) is 11.6 Å². The van der Waals surface area contributed by atoms with Crippen LogP contribution in [0, 0.1) is 12.8 Å². The first-order valence-electron chi connectivity index (χ1n) is 11.1. The highest BCUT2D eigenvalue weighted by molar-refractivity contribution is 7.89. The maximum Gasteiger partial charge on any atom is 0.329 e. The van der Waals surface area contributed by atoms with Crippen LogP contribution in [0.25, 0.3) is 21.9 Å². The van der Waals surface area contributed by atoms with Crippen LogP contribution in [0.1, 0.15) is 25.8 Å².